The molecule has 0 unspecified atom stereocenters. The first kappa shape index (κ1) is 17.9. The van der Waals surface area contributed by atoms with Gasteiger partial charge in [-0.15, -0.1) is 0 Å². The van der Waals surface area contributed by atoms with E-state index in [0.717, 1.165) is 10.0 Å². The molecule has 0 bridgehead atoms. The second-order valence-corrected chi connectivity index (χ2v) is 8.63. The number of hydrogen-bond donors (Lipinski definition) is 0. The van der Waals surface area contributed by atoms with Crippen LogP contribution in [0.3, 0.4) is 0 Å². The van der Waals surface area contributed by atoms with Gasteiger partial charge in [0.25, 0.3) is 0 Å². The molecule has 0 spiro atoms. The average molecular weight is 450 g/mol. The van der Waals surface area contributed by atoms with Crippen molar-refractivity contribution in [1.82, 2.24) is 4.90 Å². The van der Waals surface area contributed by atoms with Crippen molar-refractivity contribution in [1.29, 1.82) is 0 Å². The molecule has 3 nitrogen and oxygen atoms in total. The van der Waals surface area contributed by atoms with Crippen LogP contribution in [0.4, 0.5) is 4.79 Å². The third kappa shape index (κ3) is 3.99. The highest BCUT2D eigenvalue weighted by Crippen LogP contribution is 2.45. The van der Waals surface area contributed by atoms with E-state index in [1.54, 1.807) is 29.2 Å². The van der Waals surface area contributed by atoms with Crippen molar-refractivity contribution in [2.75, 3.05) is 6.54 Å². The number of benzene rings is 2. The zero-order chi connectivity index (χ0) is 17.3. The quantitative estimate of drug-likeness (QED) is 0.421. The fourth-order valence-corrected chi connectivity index (χ4v) is 3.53. The molecule has 24 heavy (non-hydrogen) atoms. The molecule has 1 aliphatic heterocycles. The number of ether oxygens (including phenoxy) is 1. The van der Waals surface area contributed by atoms with Gasteiger partial charge in [-0.1, -0.05) is 99.3 Å². The average Bonchev–Trinajstić information content (AvgIpc) is 3.33. The summed E-state index contributed by atoms with van der Waals surface area (Å²) >= 11 is 21.5. The topological polar surface area (TPSA) is 29.3 Å². The molecule has 126 valence electrons. The van der Waals surface area contributed by atoms with Gasteiger partial charge in [-0.2, -0.15) is 0 Å². The fourth-order valence-electron chi connectivity index (χ4n) is 2.47. The van der Waals surface area contributed by atoms with Crippen molar-refractivity contribution in [3.05, 3.63) is 70.2 Å². The van der Waals surface area contributed by atoms with Crippen molar-refractivity contribution >= 4 is 56.8 Å². The van der Waals surface area contributed by atoms with Gasteiger partial charge in [0, 0.05) is 11.0 Å². The summed E-state index contributed by atoms with van der Waals surface area (Å²) in [5, 5.41) is 0. The van der Waals surface area contributed by atoms with Crippen LogP contribution in [0.15, 0.2) is 59.1 Å². The van der Waals surface area contributed by atoms with E-state index in [9.17, 15) is 4.79 Å². The summed E-state index contributed by atoms with van der Waals surface area (Å²) in [5.41, 5.74) is 1.66. The lowest BCUT2D eigenvalue weighted by Crippen LogP contribution is -2.26. The van der Waals surface area contributed by atoms with Crippen LogP contribution in [0, 0.1) is 0 Å². The first-order valence-electron chi connectivity index (χ1n) is 7.21. The van der Waals surface area contributed by atoms with Gasteiger partial charge in [0.2, 0.25) is 3.79 Å². The summed E-state index contributed by atoms with van der Waals surface area (Å²) in [7, 11) is 0. The van der Waals surface area contributed by atoms with Crippen LogP contribution >= 0.6 is 50.7 Å². The van der Waals surface area contributed by atoms with E-state index >= 15 is 0 Å². The second-order valence-electron chi connectivity index (χ2n) is 5.41. The van der Waals surface area contributed by atoms with Gasteiger partial charge in [0.15, 0.2) is 6.10 Å². The van der Waals surface area contributed by atoms with Crippen molar-refractivity contribution in [3.8, 4) is 0 Å². The molecule has 1 aliphatic rings. The normalized spacial score (nSPS) is 18.2. The predicted molar refractivity (Wildman–Crippen MR) is 99.5 cm³/mol. The molecule has 7 heteroatoms. The van der Waals surface area contributed by atoms with Gasteiger partial charge < -0.3 is 4.74 Å². The lowest BCUT2D eigenvalue weighted by atomic mass is 10.1. The van der Waals surface area contributed by atoms with Crippen LogP contribution in [-0.2, 0) is 4.74 Å². The fraction of sp³-hybridized carbons (Fsp3) is 0.235. The number of nitrogens with zero attached hydrogens (tertiary/aromatic N) is 1. The maximum atomic E-state index is 12.4. The Kier molecular flexibility index (Phi) is 5.30. The summed E-state index contributed by atoms with van der Waals surface area (Å²) in [4.78, 5) is 14.0. The molecule has 0 aromatic heterocycles. The Labute approximate surface area is 163 Å². The van der Waals surface area contributed by atoms with Crippen LogP contribution in [0.25, 0.3) is 0 Å². The summed E-state index contributed by atoms with van der Waals surface area (Å²) in [6, 6.07) is 16.7. The molecule has 2 atom stereocenters. The largest absolute Gasteiger partial charge is 0.437 e. The minimum Gasteiger partial charge on any atom is -0.437 e. The monoisotopic (exact) mass is 447 g/mol. The van der Waals surface area contributed by atoms with Gasteiger partial charge >= 0.3 is 6.09 Å². The highest BCUT2D eigenvalue weighted by Gasteiger charge is 2.45. The molecule has 2 aromatic rings. The zero-order valence-corrected chi connectivity index (χ0v) is 16.2. The molecule has 3 rings (SSSR count). The lowest BCUT2D eigenvalue weighted by Gasteiger charge is -2.25. The number of rotatable bonds is 3. The molecule has 0 saturated carbocycles. The van der Waals surface area contributed by atoms with Gasteiger partial charge in [0.05, 0.1) is 6.04 Å². The highest BCUT2D eigenvalue weighted by atomic mass is 79.9. The highest BCUT2D eigenvalue weighted by molar-refractivity contribution is 9.10. The van der Waals surface area contributed by atoms with Crippen molar-refractivity contribution in [3.63, 3.8) is 0 Å². The molecule has 2 aromatic carbocycles. The molecule has 0 N–H and O–H groups in total. The minimum absolute atomic E-state index is 0.0279. The Morgan fingerprint density at radius 3 is 2.38 bits per heavy atom. The van der Waals surface area contributed by atoms with E-state index in [4.69, 9.17) is 39.5 Å². The number of hydrogen-bond acceptors (Lipinski definition) is 2. The molecule has 1 fully saturated rings. The number of carbonyl (C=O) groups excluding carboxylic acids is 1. The van der Waals surface area contributed by atoms with Crippen LogP contribution in [-0.4, -0.2) is 21.3 Å². The van der Waals surface area contributed by atoms with Gasteiger partial charge in [-0.05, 0) is 17.2 Å². The number of carbonyl (C=O) groups is 1. The first-order chi connectivity index (χ1) is 11.4. The Bertz CT molecular complexity index is 736. The predicted octanol–water partition coefficient (Wildman–Crippen LogP) is 6.05. The molecule has 0 aliphatic carbocycles. The van der Waals surface area contributed by atoms with Crippen molar-refractivity contribution < 1.29 is 9.53 Å². The Hall–Kier alpha value is -0.940. The van der Waals surface area contributed by atoms with E-state index in [1.807, 2.05) is 30.3 Å². The van der Waals surface area contributed by atoms with Crippen molar-refractivity contribution in [2.45, 2.75) is 15.9 Å². The van der Waals surface area contributed by atoms with Crippen LogP contribution < -0.4 is 0 Å². The molecule has 1 amide bonds. The third-order valence-corrected chi connectivity index (χ3v) is 5.05. The number of halogens is 4. The van der Waals surface area contributed by atoms with E-state index in [0.29, 0.717) is 12.1 Å². The smallest absolute Gasteiger partial charge is 0.411 e. The molecule has 1 saturated heterocycles. The standard InChI is InChI=1S/C17H13BrCl3NO2/c18-13-9-5-4-8-12(13)14-10-22(14)16(23)24-15(17(19,20)21)11-6-2-1-3-7-11/h1-9,14-15H,10H2/t14-,15-,22?/m1/s1. The second kappa shape index (κ2) is 7.12. The summed E-state index contributed by atoms with van der Waals surface area (Å²) in [6.07, 6.45) is -1.48. The Balaban J connectivity index is 1.73. The molecule has 1 heterocycles. The van der Waals surface area contributed by atoms with E-state index in [2.05, 4.69) is 15.9 Å². The molecular formula is C17H13BrCl3NO2. The van der Waals surface area contributed by atoms with Gasteiger partial charge in [-0.3, -0.25) is 4.90 Å². The first-order valence-corrected chi connectivity index (χ1v) is 9.14. The number of alkyl halides is 3. The van der Waals surface area contributed by atoms with E-state index in [-0.39, 0.29) is 6.04 Å². The maximum Gasteiger partial charge on any atom is 0.411 e. The zero-order valence-electron chi connectivity index (χ0n) is 12.3. The maximum absolute atomic E-state index is 12.4. The van der Waals surface area contributed by atoms with Crippen LogP contribution in [0.2, 0.25) is 0 Å². The van der Waals surface area contributed by atoms with Crippen molar-refractivity contribution in [2.24, 2.45) is 0 Å². The number of amides is 1. The summed E-state index contributed by atoms with van der Waals surface area (Å²) < 4.78 is 4.69. The Morgan fingerprint density at radius 1 is 1.12 bits per heavy atom. The third-order valence-electron chi connectivity index (χ3n) is 3.73. The van der Waals surface area contributed by atoms with Crippen LogP contribution in [0.1, 0.15) is 23.3 Å². The Morgan fingerprint density at radius 2 is 1.75 bits per heavy atom. The van der Waals surface area contributed by atoms with Gasteiger partial charge in [-0.25, -0.2) is 4.79 Å². The van der Waals surface area contributed by atoms with Gasteiger partial charge in [0.1, 0.15) is 0 Å². The van der Waals surface area contributed by atoms with E-state index < -0.39 is 16.0 Å². The van der Waals surface area contributed by atoms with Crippen LogP contribution in [0.5, 0.6) is 0 Å². The lowest BCUT2D eigenvalue weighted by molar-refractivity contribution is 0.0842. The summed E-state index contributed by atoms with van der Waals surface area (Å²) in [6.45, 7) is 0.572. The SMILES string of the molecule is O=C(O[C@H](c1ccccc1)C(Cl)(Cl)Cl)N1C[C@@H]1c1ccccc1Br. The molecule has 0 radical (unpaired) electrons. The van der Waals surface area contributed by atoms with E-state index in [1.165, 1.54) is 0 Å². The minimum atomic E-state index is -1.75. The molecular weight excluding hydrogens is 436 g/mol. The summed E-state index contributed by atoms with van der Waals surface area (Å²) in [5.74, 6) is 0.